The lowest BCUT2D eigenvalue weighted by Gasteiger charge is -2.49. The number of hydrogen-bond acceptors (Lipinski definition) is 4. The van der Waals surface area contributed by atoms with Gasteiger partial charge in [0.2, 0.25) is 11.8 Å². The van der Waals surface area contributed by atoms with Crippen molar-refractivity contribution in [3.8, 4) is 0 Å². The average molecular weight is 307 g/mol. The second-order valence-electron chi connectivity index (χ2n) is 6.07. The van der Waals surface area contributed by atoms with Gasteiger partial charge in [-0.05, 0) is 26.7 Å². The van der Waals surface area contributed by atoms with E-state index in [-0.39, 0.29) is 11.8 Å². The van der Waals surface area contributed by atoms with E-state index in [0.29, 0.717) is 6.54 Å². The highest BCUT2D eigenvalue weighted by Gasteiger charge is 2.51. The highest BCUT2D eigenvalue weighted by Crippen LogP contribution is 2.37. The summed E-state index contributed by atoms with van der Waals surface area (Å²) in [7, 11) is 0. The largest absolute Gasteiger partial charge is 0.343 e. The van der Waals surface area contributed by atoms with E-state index in [4.69, 9.17) is 0 Å². The van der Waals surface area contributed by atoms with E-state index in [1.165, 1.54) is 0 Å². The summed E-state index contributed by atoms with van der Waals surface area (Å²) in [5, 5.41) is 5.84. The van der Waals surface area contributed by atoms with Crippen molar-refractivity contribution in [2.75, 3.05) is 0 Å². The van der Waals surface area contributed by atoms with Crippen molar-refractivity contribution in [3.63, 3.8) is 0 Å². The fourth-order valence-corrected chi connectivity index (χ4v) is 4.07. The first-order chi connectivity index (χ1) is 10.0. The number of carbonyl (C=O) groups excluding carboxylic acids is 2. The fraction of sp³-hybridized carbons (Fsp3) is 0.667. The third-order valence-electron chi connectivity index (χ3n) is 4.59. The van der Waals surface area contributed by atoms with E-state index in [1.54, 1.807) is 23.2 Å². The van der Waals surface area contributed by atoms with Gasteiger partial charge in [0.1, 0.15) is 11.6 Å². The zero-order valence-electron chi connectivity index (χ0n) is 12.5. The third-order valence-corrected chi connectivity index (χ3v) is 5.41. The molecule has 21 heavy (non-hydrogen) atoms. The van der Waals surface area contributed by atoms with Gasteiger partial charge in [0.05, 0.1) is 17.2 Å². The smallest absolute Gasteiger partial charge is 0.246 e. The Morgan fingerprint density at radius 3 is 2.71 bits per heavy atom. The van der Waals surface area contributed by atoms with Crippen LogP contribution >= 0.6 is 11.3 Å². The zero-order valence-corrected chi connectivity index (χ0v) is 13.3. The maximum atomic E-state index is 12.6. The molecule has 2 fully saturated rings. The molecule has 1 unspecified atom stereocenters. The summed E-state index contributed by atoms with van der Waals surface area (Å²) in [5.74, 6) is 0.0309. The minimum absolute atomic E-state index is 0.0150. The minimum atomic E-state index is -0.653. The molecule has 0 aromatic carbocycles. The quantitative estimate of drug-likeness (QED) is 0.909. The Kier molecular flexibility index (Phi) is 3.73. The van der Waals surface area contributed by atoms with Crippen molar-refractivity contribution in [2.45, 2.75) is 64.1 Å². The van der Waals surface area contributed by atoms with Crippen LogP contribution in [0.25, 0.3) is 0 Å². The van der Waals surface area contributed by atoms with Gasteiger partial charge in [-0.2, -0.15) is 0 Å². The van der Waals surface area contributed by atoms with Crippen molar-refractivity contribution >= 4 is 23.2 Å². The first-order valence-corrected chi connectivity index (χ1v) is 8.44. The molecule has 1 aromatic rings. The van der Waals surface area contributed by atoms with Gasteiger partial charge in [-0.3, -0.25) is 9.59 Å². The lowest BCUT2D eigenvalue weighted by Crippen LogP contribution is -2.70. The first kappa shape index (κ1) is 14.5. The topological polar surface area (TPSA) is 62.3 Å². The number of aryl methyl sites for hydroxylation is 1. The van der Waals surface area contributed by atoms with Crippen molar-refractivity contribution in [1.29, 1.82) is 0 Å². The molecule has 1 atom stereocenters. The molecule has 1 N–H and O–H groups in total. The number of nitrogens with zero attached hydrogens (tertiary/aromatic N) is 2. The Balaban J connectivity index is 1.93. The summed E-state index contributed by atoms with van der Waals surface area (Å²) >= 11 is 1.58. The number of piperazine rings is 1. The standard InChI is InChI=1S/C15H21N3O2S/c1-10-13(19)18(8-12-9-21-11(2)17-12)15(14(20)16-10)6-4-3-5-7-15/h9-10H,3-8H2,1-2H3,(H,16,20). The van der Waals surface area contributed by atoms with Gasteiger partial charge in [0.15, 0.2) is 0 Å². The van der Waals surface area contributed by atoms with Gasteiger partial charge in [0, 0.05) is 5.38 Å². The summed E-state index contributed by atoms with van der Waals surface area (Å²) in [6, 6.07) is -0.440. The van der Waals surface area contributed by atoms with Crippen LogP contribution in [-0.4, -0.2) is 33.3 Å². The molecule has 2 amide bonds. The summed E-state index contributed by atoms with van der Waals surface area (Å²) in [6.45, 7) is 4.16. The van der Waals surface area contributed by atoms with Gasteiger partial charge in [0.25, 0.3) is 0 Å². The van der Waals surface area contributed by atoms with Gasteiger partial charge >= 0.3 is 0 Å². The highest BCUT2D eigenvalue weighted by atomic mass is 32.1. The molecule has 1 spiro atoms. The molecule has 114 valence electrons. The van der Waals surface area contributed by atoms with Crippen LogP contribution in [0.4, 0.5) is 0 Å². The molecule has 2 aliphatic rings. The molecule has 1 aliphatic carbocycles. The van der Waals surface area contributed by atoms with Crippen LogP contribution in [-0.2, 0) is 16.1 Å². The van der Waals surface area contributed by atoms with E-state index in [9.17, 15) is 9.59 Å². The molecule has 1 aliphatic heterocycles. The number of hydrogen-bond donors (Lipinski definition) is 1. The van der Waals surface area contributed by atoms with E-state index in [2.05, 4.69) is 10.3 Å². The van der Waals surface area contributed by atoms with Gasteiger partial charge in [-0.1, -0.05) is 19.3 Å². The number of aromatic nitrogens is 1. The molecule has 5 nitrogen and oxygen atoms in total. The van der Waals surface area contributed by atoms with Crippen molar-refractivity contribution < 1.29 is 9.59 Å². The van der Waals surface area contributed by atoms with E-state index >= 15 is 0 Å². The highest BCUT2D eigenvalue weighted by molar-refractivity contribution is 7.09. The second kappa shape index (κ2) is 5.40. The van der Waals surface area contributed by atoms with E-state index < -0.39 is 11.6 Å². The van der Waals surface area contributed by atoms with Crippen LogP contribution in [0.5, 0.6) is 0 Å². The van der Waals surface area contributed by atoms with Gasteiger partial charge < -0.3 is 10.2 Å². The molecule has 1 saturated carbocycles. The SMILES string of the molecule is Cc1nc(CN2C(=O)C(C)NC(=O)C23CCCCC3)cs1. The minimum Gasteiger partial charge on any atom is -0.343 e. The lowest BCUT2D eigenvalue weighted by atomic mass is 9.77. The van der Waals surface area contributed by atoms with Crippen LogP contribution in [0.2, 0.25) is 0 Å². The molecule has 1 aromatic heterocycles. The monoisotopic (exact) mass is 307 g/mol. The predicted molar refractivity (Wildman–Crippen MR) is 80.8 cm³/mol. The van der Waals surface area contributed by atoms with Crippen LogP contribution in [0.3, 0.4) is 0 Å². The summed E-state index contributed by atoms with van der Waals surface area (Å²) in [4.78, 5) is 31.5. The van der Waals surface area contributed by atoms with Crippen LogP contribution in [0.15, 0.2) is 5.38 Å². The maximum Gasteiger partial charge on any atom is 0.246 e. The molecular weight excluding hydrogens is 286 g/mol. The molecule has 2 heterocycles. The first-order valence-electron chi connectivity index (χ1n) is 7.56. The van der Waals surface area contributed by atoms with Crippen molar-refractivity contribution in [1.82, 2.24) is 15.2 Å². The molecular formula is C15H21N3O2S. The molecule has 3 rings (SSSR count). The normalized spacial score (nSPS) is 25.2. The maximum absolute atomic E-state index is 12.6. The van der Waals surface area contributed by atoms with E-state index in [0.717, 1.165) is 42.8 Å². The Bertz CT molecular complexity index is 563. The van der Waals surface area contributed by atoms with Crippen LogP contribution in [0.1, 0.15) is 49.7 Å². The van der Waals surface area contributed by atoms with Crippen molar-refractivity contribution in [3.05, 3.63) is 16.1 Å². The molecule has 1 saturated heterocycles. The third kappa shape index (κ3) is 2.46. The van der Waals surface area contributed by atoms with Gasteiger partial charge in [-0.25, -0.2) is 4.98 Å². The second-order valence-corrected chi connectivity index (χ2v) is 7.13. The average Bonchev–Trinajstić information content (AvgIpc) is 2.88. The Labute approximate surface area is 128 Å². The summed E-state index contributed by atoms with van der Waals surface area (Å²) < 4.78 is 0. The Morgan fingerprint density at radius 1 is 1.38 bits per heavy atom. The summed E-state index contributed by atoms with van der Waals surface area (Å²) in [6.07, 6.45) is 4.67. The molecule has 0 bridgehead atoms. The fourth-order valence-electron chi connectivity index (χ4n) is 3.47. The molecule has 0 radical (unpaired) electrons. The van der Waals surface area contributed by atoms with E-state index in [1.807, 2.05) is 12.3 Å². The van der Waals surface area contributed by atoms with Crippen LogP contribution < -0.4 is 5.32 Å². The predicted octanol–water partition coefficient (Wildman–Crippen LogP) is 2.00. The molecule has 6 heteroatoms. The van der Waals surface area contributed by atoms with Crippen molar-refractivity contribution in [2.24, 2.45) is 0 Å². The Hall–Kier alpha value is -1.43. The van der Waals surface area contributed by atoms with Gasteiger partial charge in [-0.15, -0.1) is 11.3 Å². The number of carbonyl (C=O) groups is 2. The lowest BCUT2D eigenvalue weighted by molar-refractivity contribution is -0.160. The zero-order chi connectivity index (χ0) is 15.0. The summed E-state index contributed by atoms with van der Waals surface area (Å²) in [5.41, 5.74) is 0.233. The number of rotatable bonds is 2. The van der Waals surface area contributed by atoms with Crippen LogP contribution in [0, 0.1) is 6.92 Å². The Morgan fingerprint density at radius 2 is 2.10 bits per heavy atom. The number of amides is 2. The number of nitrogens with one attached hydrogen (secondary N) is 1. The number of thiazole rings is 1.